The maximum atomic E-state index is 9.51. The Morgan fingerprint density at radius 3 is 2.60 bits per heavy atom. The normalized spacial score (nSPS) is 14.9. The van der Waals surface area contributed by atoms with E-state index in [0.29, 0.717) is 23.2 Å². The van der Waals surface area contributed by atoms with E-state index in [1.165, 1.54) is 25.7 Å². The van der Waals surface area contributed by atoms with Crippen molar-refractivity contribution >= 4 is 35.8 Å². The van der Waals surface area contributed by atoms with Gasteiger partial charge in [0, 0.05) is 20.1 Å². The van der Waals surface area contributed by atoms with Gasteiger partial charge in [-0.3, -0.25) is 4.99 Å². The van der Waals surface area contributed by atoms with Crippen molar-refractivity contribution in [2.75, 3.05) is 25.9 Å². The van der Waals surface area contributed by atoms with Crippen LogP contribution in [-0.4, -0.2) is 35.9 Å². The number of anilines is 1. The molecule has 1 aromatic carbocycles. The fourth-order valence-electron chi connectivity index (χ4n) is 3.83. The predicted molar refractivity (Wildman–Crippen MR) is 132 cm³/mol. The summed E-state index contributed by atoms with van der Waals surface area (Å²) in [6.07, 6.45) is 6.65. The van der Waals surface area contributed by atoms with Crippen molar-refractivity contribution in [2.45, 2.75) is 45.4 Å². The highest BCUT2D eigenvalue weighted by atomic mass is 127. The van der Waals surface area contributed by atoms with Crippen molar-refractivity contribution in [1.29, 1.82) is 5.26 Å². The zero-order valence-corrected chi connectivity index (χ0v) is 20.1. The van der Waals surface area contributed by atoms with E-state index in [0.717, 1.165) is 36.9 Å². The average molecular weight is 521 g/mol. The van der Waals surface area contributed by atoms with E-state index in [9.17, 15) is 5.26 Å². The molecule has 162 valence electrons. The summed E-state index contributed by atoms with van der Waals surface area (Å²) in [4.78, 5) is 4.32. The van der Waals surface area contributed by atoms with Crippen LogP contribution in [0.2, 0.25) is 0 Å². The second-order valence-corrected chi connectivity index (χ2v) is 7.73. The number of aryl methyl sites for hydroxylation is 1. The van der Waals surface area contributed by atoms with Crippen LogP contribution in [-0.2, 0) is 6.42 Å². The number of para-hydroxylation sites is 1. The summed E-state index contributed by atoms with van der Waals surface area (Å²) in [5.41, 5.74) is 8.67. The molecule has 0 atom stereocenters. The molecule has 0 radical (unpaired) electrons. The van der Waals surface area contributed by atoms with E-state index in [2.05, 4.69) is 33.7 Å². The number of benzene rings is 1. The SMILES string of the molecule is CCC1(CNC(=NC)NCCCc2nn(-c3ccccc3)c(N)c2C#N)CCC1.I. The highest BCUT2D eigenvalue weighted by Crippen LogP contribution is 2.42. The molecule has 0 aliphatic heterocycles. The van der Waals surface area contributed by atoms with Crippen molar-refractivity contribution in [3.8, 4) is 11.8 Å². The van der Waals surface area contributed by atoms with Crippen molar-refractivity contribution in [3.63, 3.8) is 0 Å². The summed E-state index contributed by atoms with van der Waals surface area (Å²) in [5.74, 6) is 1.23. The van der Waals surface area contributed by atoms with Crippen LogP contribution >= 0.6 is 24.0 Å². The minimum atomic E-state index is 0. The molecule has 2 aromatic rings. The minimum Gasteiger partial charge on any atom is -0.382 e. The van der Waals surface area contributed by atoms with Gasteiger partial charge in [0.25, 0.3) is 0 Å². The summed E-state index contributed by atoms with van der Waals surface area (Å²) >= 11 is 0. The molecule has 1 heterocycles. The van der Waals surface area contributed by atoms with Gasteiger partial charge in [-0.25, -0.2) is 4.68 Å². The van der Waals surface area contributed by atoms with Gasteiger partial charge in [-0.2, -0.15) is 10.4 Å². The Morgan fingerprint density at radius 1 is 1.30 bits per heavy atom. The Bertz CT molecular complexity index is 873. The van der Waals surface area contributed by atoms with Gasteiger partial charge in [0.2, 0.25) is 0 Å². The van der Waals surface area contributed by atoms with Gasteiger partial charge in [-0.05, 0) is 49.7 Å². The van der Waals surface area contributed by atoms with E-state index in [4.69, 9.17) is 5.73 Å². The maximum Gasteiger partial charge on any atom is 0.190 e. The zero-order valence-electron chi connectivity index (χ0n) is 17.8. The number of aliphatic imine (C=N–C) groups is 1. The Kier molecular flexibility index (Phi) is 8.96. The molecule has 7 nitrogen and oxygen atoms in total. The molecule has 8 heteroatoms. The van der Waals surface area contributed by atoms with Gasteiger partial charge >= 0.3 is 0 Å². The molecule has 0 spiro atoms. The van der Waals surface area contributed by atoms with Crippen molar-refractivity contribution in [2.24, 2.45) is 10.4 Å². The first-order chi connectivity index (χ1) is 14.1. The van der Waals surface area contributed by atoms with Crippen molar-refractivity contribution in [3.05, 3.63) is 41.6 Å². The number of halogens is 1. The number of nitriles is 1. The lowest BCUT2D eigenvalue weighted by atomic mass is 9.67. The largest absolute Gasteiger partial charge is 0.382 e. The Hall–Kier alpha value is -2.28. The lowest BCUT2D eigenvalue weighted by Crippen LogP contribution is -2.46. The summed E-state index contributed by atoms with van der Waals surface area (Å²) < 4.78 is 1.64. The molecular formula is C22H32IN7. The topological polar surface area (TPSA) is 104 Å². The molecule has 0 bridgehead atoms. The lowest BCUT2D eigenvalue weighted by Gasteiger charge is -2.41. The fourth-order valence-corrected chi connectivity index (χ4v) is 3.83. The van der Waals surface area contributed by atoms with Crippen LogP contribution in [0.15, 0.2) is 35.3 Å². The van der Waals surface area contributed by atoms with E-state index in [-0.39, 0.29) is 24.0 Å². The zero-order chi connectivity index (χ0) is 20.7. The number of aromatic nitrogens is 2. The first kappa shape index (κ1) is 24.0. The maximum absolute atomic E-state index is 9.51. The van der Waals surface area contributed by atoms with Crippen LogP contribution in [0.5, 0.6) is 0 Å². The number of hydrogen-bond donors (Lipinski definition) is 3. The highest BCUT2D eigenvalue weighted by Gasteiger charge is 2.34. The number of guanidine groups is 1. The lowest BCUT2D eigenvalue weighted by molar-refractivity contribution is 0.131. The molecule has 4 N–H and O–H groups in total. The van der Waals surface area contributed by atoms with Gasteiger partial charge in [-0.15, -0.1) is 24.0 Å². The Labute approximate surface area is 196 Å². The number of hydrogen-bond acceptors (Lipinski definition) is 4. The van der Waals surface area contributed by atoms with Gasteiger partial charge in [0.05, 0.1) is 11.4 Å². The van der Waals surface area contributed by atoms with Crippen LogP contribution < -0.4 is 16.4 Å². The highest BCUT2D eigenvalue weighted by molar-refractivity contribution is 14.0. The molecule has 0 saturated heterocycles. The first-order valence-electron chi connectivity index (χ1n) is 10.4. The average Bonchev–Trinajstić information content (AvgIpc) is 3.04. The molecule has 30 heavy (non-hydrogen) atoms. The standard InChI is InChI=1S/C22H31N7.HI/c1-3-22(12-8-13-22)16-27-21(25-2)26-14-7-11-19-18(15-23)20(24)29(28-19)17-9-5-4-6-10-17;/h4-6,9-10H,3,7-8,11-14,16,24H2,1-2H3,(H2,25,26,27);1H. The fraction of sp³-hybridized carbons (Fsp3) is 0.500. The molecule has 1 aliphatic carbocycles. The predicted octanol–water partition coefficient (Wildman–Crippen LogP) is 3.62. The van der Waals surface area contributed by atoms with E-state index in [1.807, 2.05) is 30.3 Å². The molecule has 0 unspecified atom stereocenters. The third-order valence-electron chi connectivity index (χ3n) is 6.01. The summed E-state index contributed by atoms with van der Waals surface area (Å²) in [5, 5.41) is 20.9. The molecule has 1 aliphatic rings. The Balaban J connectivity index is 0.00000320. The monoisotopic (exact) mass is 521 g/mol. The van der Waals surface area contributed by atoms with Gasteiger partial charge < -0.3 is 16.4 Å². The molecule has 1 saturated carbocycles. The minimum absolute atomic E-state index is 0. The van der Waals surface area contributed by atoms with Gasteiger partial charge in [-0.1, -0.05) is 31.5 Å². The van der Waals surface area contributed by atoms with Crippen LogP contribution in [0.1, 0.15) is 50.3 Å². The number of nitrogen functional groups attached to an aromatic ring is 1. The van der Waals surface area contributed by atoms with Crippen molar-refractivity contribution in [1.82, 2.24) is 20.4 Å². The van der Waals surface area contributed by atoms with Crippen LogP contribution in [0.4, 0.5) is 5.82 Å². The summed E-state index contributed by atoms with van der Waals surface area (Å²) in [7, 11) is 1.80. The van der Waals surface area contributed by atoms with Gasteiger partial charge in [0.1, 0.15) is 17.5 Å². The smallest absolute Gasteiger partial charge is 0.190 e. The van der Waals surface area contributed by atoms with Crippen LogP contribution in [0, 0.1) is 16.7 Å². The molecule has 0 amide bonds. The molecule has 1 fully saturated rings. The van der Waals surface area contributed by atoms with Gasteiger partial charge in [0.15, 0.2) is 5.96 Å². The number of nitrogens with one attached hydrogen (secondary N) is 2. The quantitative estimate of drug-likeness (QED) is 0.213. The first-order valence-corrected chi connectivity index (χ1v) is 10.4. The summed E-state index contributed by atoms with van der Waals surface area (Å²) in [6, 6.07) is 11.9. The molecule has 3 rings (SSSR count). The second kappa shape index (κ2) is 11.2. The second-order valence-electron chi connectivity index (χ2n) is 7.73. The molecule has 1 aromatic heterocycles. The van der Waals surface area contributed by atoms with E-state index >= 15 is 0 Å². The third kappa shape index (κ3) is 5.45. The number of rotatable bonds is 8. The third-order valence-corrected chi connectivity index (χ3v) is 6.01. The van der Waals surface area contributed by atoms with Crippen molar-refractivity contribution < 1.29 is 0 Å². The Morgan fingerprint density at radius 2 is 2.03 bits per heavy atom. The summed E-state index contributed by atoms with van der Waals surface area (Å²) in [6.45, 7) is 3.99. The van der Waals surface area contributed by atoms with E-state index in [1.54, 1.807) is 11.7 Å². The number of nitrogens with two attached hydrogens (primary N) is 1. The van der Waals surface area contributed by atoms with Crippen LogP contribution in [0.3, 0.4) is 0 Å². The number of nitrogens with zero attached hydrogens (tertiary/aromatic N) is 4. The molecular weight excluding hydrogens is 489 g/mol. The van der Waals surface area contributed by atoms with E-state index < -0.39 is 0 Å². The van der Waals surface area contributed by atoms with Crippen LogP contribution in [0.25, 0.3) is 5.69 Å².